The van der Waals surface area contributed by atoms with Crippen molar-refractivity contribution in [3.8, 4) is 0 Å². The summed E-state index contributed by atoms with van der Waals surface area (Å²) in [7, 11) is 1.88. The Bertz CT molecular complexity index is 864. The number of nitrogens with one attached hydrogen (secondary N) is 1. The van der Waals surface area contributed by atoms with E-state index in [0.717, 1.165) is 27.5 Å². The summed E-state index contributed by atoms with van der Waals surface area (Å²) in [5, 5.41) is 3.74. The molecule has 0 spiro atoms. The number of rotatable bonds is 6. The van der Waals surface area contributed by atoms with E-state index < -0.39 is 0 Å². The van der Waals surface area contributed by atoms with Crippen molar-refractivity contribution in [1.82, 2.24) is 20.3 Å². The van der Waals surface area contributed by atoms with Crippen molar-refractivity contribution in [2.45, 2.75) is 32.9 Å². The molecule has 7 heteroatoms. The Morgan fingerprint density at radius 3 is 2.76 bits per heavy atom. The number of likely N-dealkylation sites (N-methyl/N-ethyl adjacent to an activating group) is 1. The van der Waals surface area contributed by atoms with Crippen LogP contribution in [-0.4, -0.2) is 33.9 Å². The fourth-order valence-corrected chi connectivity index (χ4v) is 3.59. The molecular formula is C18H21N5OS. The molecule has 2 heterocycles. The molecule has 2 aromatic heterocycles. The van der Waals surface area contributed by atoms with Gasteiger partial charge in [-0.25, -0.2) is 9.97 Å². The van der Waals surface area contributed by atoms with Crippen LogP contribution < -0.4 is 10.2 Å². The van der Waals surface area contributed by atoms with E-state index in [-0.39, 0.29) is 11.9 Å². The number of hydrogen-bond acceptors (Lipinski definition) is 6. The van der Waals surface area contributed by atoms with Crippen LogP contribution in [0.25, 0.3) is 10.3 Å². The summed E-state index contributed by atoms with van der Waals surface area (Å²) in [5.41, 5.74) is 2.76. The molecule has 0 saturated heterocycles. The SMILES string of the molecule is CCc1ncnc2nc(N(C)[C@H](C)C(=O)NCc3ccccc3)sc12. The van der Waals surface area contributed by atoms with Crippen LogP contribution in [0.5, 0.6) is 0 Å². The van der Waals surface area contributed by atoms with E-state index in [1.807, 2.05) is 49.2 Å². The minimum Gasteiger partial charge on any atom is -0.350 e. The average molecular weight is 355 g/mol. The molecule has 130 valence electrons. The lowest BCUT2D eigenvalue weighted by Crippen LogP contribution is -2.43. The van der Waals surface area contributed by atoms with Gasteiger partial charge in [-0.15, -0.1) is 0 Å². The molecule has 0 radical (unpaired) electrons. The van der Waals surface area contributed by atoms with E-state index in [2.05, 4.69) is 27.2 Å². The molecule has 0 fully saturated rings. The number of thiazole rings is 1. The second kappa shape index (κ2) is 7.57. The number of nitrogens with zero attached hydrogens (tertiary/aromatic N) is 4. The minimum absolute atomic E-state index is 0.0348. The summed E-state index contributed by atoms with van der Waals surface area (Å²) in [5.74, 6) is -0.0348. The second-order valence-corrected chi connectivity index (χ2v) is 6.79. The number of aromatic nitrogens is 3. The number of carbonyl (C=O) groups excluding carboxylic acids is 1. The molecule has 0 aliphatic heterocycles. The maximum absolute atomic E-state index is 12.5. The van der Waals surface area contributed by atoms with Crippen molar-refractivity contribution in [2.24, 2.45) is 0 Å². The van der Waals surface area contributed by atoms with E-state index in [1.165, 1.54) is 11.3 Å². The molecule has 0 aliphatic carbocycles. The zero-order valence-electron chi connectivity index (χ0n) is 14.6. The van der Waals surface area contributed by atoms with Gasteiger partial charge in [-0.3, -0.25) is 4.79 Å². The molecule has 25 heavy (non-hydrogen) atoms. The molecule has 3 aromatic rings. The zero-order chi connectivity index (χ0) is 17.8. The predicted octanol–water partition coefficient (Wildman–Crippen LogP) is 2.79. The van der Waals surface area contributed by atoms with Crippen LogP contribution in [0.2, 0.25) is 0 Å². The maximum atomic E-state index is 12.5. The maximum Gasteiger partial charge on any atom is 0.242 e. The average Bonchev–Trinajstić information content (AvgIpc) is 3.10. The molecule has 1 atom stereocenters. The molecule has 0 unspecified atom stereocenters. The zero-order valence-corrected chi connectivity index (χ0v) is 15.4. The van der Waals surface area contributed by atoms with Crippen LogP contribution in [0.4, 0.5) is 5.13 Å². The van der Waals surface area contributed by atoms with Crippen LogP contribution in [-0.2, 0) is 17.8 Å². The predicted molar refractivity (Wildman–Crippen MR) is 101 cm³/mol. The number of hydrogen-bond donors (Lipinski definition) is 1. The van der Waals surface area contributed by atoms with Crippen molar-refractivity contribution < 1.29 is 4.79 Å². The molecular weight excluding hydrogens is 334 g/mol. The number of aryl methyl sites for hydroxylation is 1. The summed E-state index contributed by atoms with van der Waals surface area (Å²) in [6, 6.07) is 9.54. The highest BCUT2D eigenvalue weighted by Crippen LogP contribution is 2.29. The van der Waals surface area contributed by atoms with E-state index in [4.69, 9.17) is 0 Å². The Morgan fingerprint density at radius 2 is 2.04 bits per heavy atom. The van der Waals surface area contributed by atoms with Crippen LogP contribution >= 0.6 is 11.3 Å². The lowest BCUT2D eigenvalue weighted by Gasteiger charge is -2.23. The highest BCUT2D eigenvalue weighted by molar-refractivity contribution is 7.22. The van der Waals surface area contributed by atoms with Gasteiger partial charge in [-0.2, -0.15) is 4.98 Å². The third-order valence-electron chi connectivity index (χ3n) is 4.16. The van der Waals surface area contributed by atoms with Gasteiger partial charge in [-0.05, 0) is 18.9 Å². The number of amides is 1. The van der Waals surface area contributed by atoms with E-state index in [1.54, 1.807) is 6.33 Å². The lowest BCUT2D eigenvalue weighted by atomic mass is 10.2. The van der Waals surface area contributed by atoms with Crippen molar-refractivity contribution in [3.05, 3.63) is 47.9 Å². The standard InChI is InChI=1S/C18H21N5OS/c1-4-14-15-16(21-11-20-14)22-18(25-15)23(3)12(2)17(24)19-10-13-8-6-5-7-9-13/h5-9,11-12H,4,10H2,1-3H3,(H,19,24)/t12-/m1/s1. The highest BCUT2D eigenvalue weighted by Gasteiger charge is 2.21. The van der Waals surface area contributed by atoms with Gasteiger partial charge in [-0.1, -0.05) is 48.6 Å². The fourth-order valence-electron chi connectivity index (χ4n) is 2.47. The third kappa shape index (κ3) is 3.76. The number of anilines is 1. The van der Waals surface area contributed by atoms with Crippen molar-refractivity contribution in [2.75, 3.05) is 11.9 Å². The summed E-state index contributed by atoms with van der Waals surface area (Å²) >= 11 is 1.53. The second-order valence-electron chi connectivity index (χ2n) is 5.81. The van der Waals surface area contributed by atoms with Gasteiger partial charge in [0.15, 0.2) is 10.8 Å². The Morgan fingerprint density at radius 1 is 1.28 bits per heavy atom. The van der Waals surface area contributed by atoms with Gasteiger partial charge in [0.25, 0.3) is 0 Å². The minimum atomic E-state index is -0.331. The van der Waals surface area contributed by atoms with Crippen molar-refractivity contribution >= 4 is 32.7 Å². The monoisotopic (exact) mass is 355 g/mol. The van der Waals surface area contributed by atoms with Crippen molar-refractivity contribution in [1.29, 1.82) is 0 Å². The van der Waals surface area contributed by atoms with Crippen LogP contribution in [0.1, 0.15) is 25.1 Å². The molecule has 1 aromatic carbocycles. The topological polar surface area (TPSA) is 71.0 Å². The quantitative estimate of drug-likeness (QED) is 0.736. The summed E-state index contributed by atoms with van der Waals surface area (Å²) in [4.78, 5) is 27.4. The Kier molecular flexibility index (Phi) is 5.23. The van der Waals surface area contributed by atoms with Gasteiger partial charge in [0.1, 0.15) is 12.4 Å². The third-order valence-corrected chi connectivity index (χ3v) is 5.34. The van der Waals surface area contributed by atoms with E-state index >= 15 is 0 Å². The Balaban J connectivity index is 1.71. The normalized spacial score (nSPS) is 12.1. The Labute approximate surface area is 150 Å². The molecule has 0 saturated carbocycles. The van der Waals surface area contributed by atoms with Crippen LogP contribution in [0, 0.1) is 0 Å². The van der Waals surface area contributed by atoms with Crippen molar-refractivity contribution in [3.63, 3.8) is 0 Å². The first-order chi connectivity index (χ1) is 12.1. The van der Waals surface area contributed by atoms with Crippen LogP contribution in [0.3, 0.4) is 0 Å². The van der Waals surface area contributed by atoms with Gasteiger partial charge < -0.3 is 10.2 Å². The van der Waals surface area contributed by atoms with Gasteiger partial charge in [0, 0.05) is 13.6 Å². The highest BCUT2D eigenvalue weighted by atomic mass is 32.1. The molecule has 0 bridgehead atoms. The fraction of sp³-hybridized carbons (Fsp3) is 0.333. The molecule has 3 rings (SSSR count). The number of fused-ring (bicyclic) bond motifs is 1. The van der Waals surface area contributed by atoms with Gasteiger partial charge >= 0.3 is 0 Å². The van der Waals surface area contributed by atoms with Crippen LogP contribution in [0.15, 0.2) is 36.7 Å². The summed E-state index contributed by atoms with van der Waals surface area (Å²) in [6.07, 6.45) is 2.37. The number of carbonyl (C=O) groups is 1. The number of benzene rings is 1. The summed E-state index contributed by atoms with van der Waals surface area (Å²) < 4.78 is 0.990. The van der Waals surface area contributed by atoms with Gasteiger partial charge in [0.05, 0.1) is 10.4 Å². The molecule has 6 nitrogen and oxygen atoms in total. The Hall–Kier alpha value is -2.54. The molecule has 0 aliphatic rings. The first-order valence-corrected chi connectivity index (χ1v) is 9.06. The largest absolute Gasteiger partial charge is 0.350 e. The first-order valence-electron chi connectivity index (χ1n) is 8.25. The smallest absolute Gasteiger partial charge is 0.242 e. The van der Waals surface area contributed by atoms with Gasteiger partial charge in [0.2, 0.25) is 5.91 Å². The summed E-state index contributed by atoms with van der Waals surface area (Å²) in [6.45, 7) is 4.45. The molecule has 1 N–H and O–H groups in total. The lowest BCUT2D eigenvalue weighted by molar-refractivity contribution is -0.122. The molecule has 1 amide bonds. The van der Waals surface area contributed by atoms with E-state index in [0.29, 0.717) is 12.2 Å². The van der Waals surface area contributed by atoms with E-state index in [9.17, 15) is 4.79 Å². The first kappa shape index (κ1) is 17.3.